The molecule has 0 atom stereocenters. The first kappa shape index (κ1) is 21.8. The third-order valence-corrected chi connectivity index (χ3v) is 5.91. The number of benzene rings is 2. The minimum atomic E-state index is -0.0719. The summed E-state index contributed by atoms with van der Waals surface area (Å²) in [5, 5.41) is 16.7. The number of fused-ring (bicyclic) bond motifs is 1. The Morgan fingerprint density at radius 2 is 1.81 bits per heavy atom. The lowest BCUT2D eigenvalue weighted by Gasteiger charge is -2.07. The molecule has 2 aromatic heterocycles. The first-order valence-electron chi connectivity index (χ1n) is 10.5. The van der Waals surface area contributed by atoms with E-state index in [4.69, 9.17) is 4.74 Å². The van der Waals surface area contributed by atoms with Crippen LogP contribution >= 0.6 is 11.8 Å². The van der Waals surface area contributed by atoms with Gasteiger partial charge in [0, 0.05) is 11.3 Å². The van der Waals surface area contributed by atoms with E-state index >= 15 is 0 Å². The Morgan fingerprint density at radius 3 is 2.53 bits per heavy atom. The van der Waals surface area contributed by atoms with Crippen molar-refractivity contribution in [3.05, 3.63) is 66.2 Å². The van der Waals surface area contributed by atoms with Crippen LogP contribution < -0.4 is 10.1 Å². The van der Waals surface area contributed by atoms with E-state index in [0.717, 1.165) is 28.4 Å². The van der Waals surface area contributed by atoms with Crippen LogP contribution in [0.1, 0.15) is 25.3 Å². The molecule has 4 aromatic rings. The van der Waals surface area contributed by atoms with E-state index in [9.17, 15) is 4.79 Å². The van der Waals surface area contributed by atoms with Crippen LogP contribution in [0.5, 0.6) is 5.75 Å². The highest BCUT2D eigenvalue weighted by Crippen LogP contribution is 2.23. The number of nitrogens with zero attached hydrogens (tertiary/aromatic N) is 4. The average molecular weight is 448 g/mol. The predicted molar refractivity (Wildman–Crippen MR) is 127 cm³/mol. The maximum absolute atomic E-state index is 12.4. The largest absolute Gasteiger partial charge is 0.497 e. The van der Waals surface area contributed by atoms with Crippen molar-refractivity contribution in [2.45, 2.75) is 31.2 Å². The number of nitrogens with one attached hydrogen (secondary N) is 1. The number of unbranched alkanes of at least 4 members (excludes halogenated alkanes) is 1. The zero-order chi connectivity index (χ0) is 22.3. The maximum Gasteiger partial charge on any atom is 0.234 e. The molecule has 0 aliphatic carbocycles. The van der Waals surface area contributed by atoms with E-state index in [2.05, 4.69) is 39.7 Å². The second-order valence-electron chi connectivity index (χ2n) is 7.33. The minimum absolute atomic E-state index is 0.0719. The average Bonchev–Trinajstić information content (AvgIpc) is 3.25. The number of methoxy groups -OCH3 is 1. The van der Waals surface area contributed by atoms with E-state index in [1.54, 1.807) is 11.6 Å². The van der Waals surface area contributed by atoms with Gasteiger partial charge in [-0.25, -0.2) is 0 Å². The highest BCUT2D eigenvalue weighted by molar-refractivity contribution is 7.99. The summed E-state index contributed by atoms with van der Waals surface area (Å²) in [6.07, 6.45) is 3.41. The van der Waals surface area contributed by atoms with Crippen molar-refractivity contribution in [1.29, 1.82) is 0 Å². The molecule has 0 radical (unpaired) electrons. The Hall–Kier alpha value is -3.39. The number of ether oxygens (including phenoxy) is 1. The maximum atomic E-state index is 12.4. The molecule has 2 heterocycles. The monoisotopic (exact) mass is 447 g/mol. The first-order valence-corrected chi connectivity index (χ1v) is 11.5. The quantitative estimate of drug-likeness (QED) is 0.369. The number of amides is 1. The first-order chi connectivity index (χ1) is 15.7. The topological polar surface area (TPSA) is 81.4 Å². The molecule has 0 bridgehead atoms. The van der Waals surface area contributed by atoms with Gasteiger partial charge in [-0.15, -0.1) is 10.2 Å². The number of anilines is 1. The molecule has 0 saturated carbocycles. The third kappa shape index (κ3) is 5.26. The molecule has 2 aromatic carbocycles. The fraction of sp³-hybridized carbons (Fsp3) is 0.250. The molecule has 0 fully saturated rings. The molecular weight excluding hydrogens is 422 g/mol. The van der Waals surface area contributed by atoms with Crippen LogP contribution in [0.3, 0.4) is 0 Å². The molecule has 1 amide bonds. The molecule has 32 heavy (non-hydrogen) atoms. The summed E-state index contributed by atoms with van der Waals surface area (Å²) in [6.45, 7) is 2.18. The van der Waals surface area contributed by atoms with Crippen molar-refractivity contribution >= 4 is 29.0 Å². The molecule has 0 unspecified atom stereocenters. The number of aryl methyl sites for hydroxylation is 1. The van der Waals surface area contributed by atoms with Crippen molar-refractivity contribution in [3.8, 4) is 17.1 Å². The number of hydrogen-bond donors (Lipinski definition) is 1. The molecule has 0 aliphatic heterocycles. The summed E-state index contributed by atoms with van der Waals surface area (Å²) >= 11 is 1.37. The van der Waals surface area contributed by atoms with Gasteiger partial charge in [-0.2, -0.15) is 9.61 Å². The van der Waals surface area contributed by atoms with Gasteiger partial charge in [-0.05, 0) is 66.9 Å². The minimum Gasteiger partial charge on any atom is -0.497 e. The molecule has 7 nitrogen and oxygen atoms in total. The van der Waals surface area contributed by atoms with Gasteiger partial charge < -0.3 is 10.1 Å². The van der Waals surface area contributed by atoms with Gasteiger partial charge in [0.1, 0.15) is 10.8 Å². The second-order valence-corrected chi connectivity index (χ2v) is 8.33. The highest BCUT2D eigenvalue weighted by atomic mass is 32.2. The molecule has 0 saturated heterocycles. The number of carbonyl (C=O) groups is 1. The van der Waals surface area contributed by atoms with Crippen molar-refractivity contribution in [2.24, 2.45) is 0 Å². The predicted octanol–water partition coefficient (Wildman–Crippen LogP) is 4.87. The zero-order valence-electron chi connectivity index (χ0n) is 18.1. The van der Waals surface area contributed by atoms with E-state index in [-0.39, 0.29) is 11.7 Å². The van der Waals surface area contributed by atoms with Crippen LogP contribution in [-0.2, 0) is 11.2 Å². The van der Waals surface area contributed by atoms with Crippen LogP contribution in [0.2, 0.25) is 0 Å². The van der Waals surface area contributed by atoms with Gasteiger partial charge in [0.25, 0.3) is 0 Å². The van der Waals surface area contributed by atoms with Crippen molar-refractivity contribution in [3.63, 3.8) is 0 Å². The molecule has 0 aliphatic rings. The van der Waals surface area contributed by atoms with Crippen LogP contribution in [0.4, 0.5) is 5.69 Å². The fourth-order valence-corrected chi connectivity index (χ4v) is 3.90. The van der Waals surface area contributed by atoms with Crippen molar-refractivity contribution in [2.75, 3.05) is 18.2 Å². The summed E-state index contributed by atoms with van der Waals surface area (Å²) in [7, 11) is 1.63. The molecule has 8 heteroatoms. The van der Waals surface area contributed by atoms with E-state index in [1.165, 1.54) is 30.2 Å². The van der Waals surface area contributed by atoms with Crippen LogP contribution in [0.25, 0.3) is 17.0 Å². The number of thioether (sulfide) groups is 1. The molecule has 164 valence electrons. The number of aromatic nitrogens is 4. The second kappa shape index (κ2) is 10.3. The Morgan fingerprint density at radius 1 is 1.03 bits per heavy atom. The molecule has 1 N–H and O–H groups in total. The van der Waals surface area contributed by atoms with Gasteiger partial charge in [-0.3, -0.25) is 4.79 Å². The lowest BCUT2D eigenvalue weighted by molar-refractivity contribution is -0.113. The third-order valence-electron chi connectivity index (χ3n) is 4.99. The van der Waals surface area contributed by atoms with E-state index in [1.807, 2.05) is 48.5 Å². The van der Waals surface area contributed by atoms with Gasteiger partial charge in [0.05, 0.1) is 12.9 Å². The SMILES string of the molecule is CCCCc1ccc(NC(=O)CSc2ccc3nnc(-c4ccc(OC)cc4)n3n2)cc1. The lowest BCUT2D eigenvalue weighted by atomic mass is 10.1. The smallest absolute Gasteiger partial charge is 0.234 e. The van der Waals surface area contributed by atoms with Gasteiger partial charge in [0.2, 0.25) is 5.91 Å². The Bertz CT molecular complexity index is 1190. The summed E-state index contributed by atoms with van der Waals surface area (Å²) in [4.78, 5) is 12.4. The van der Waals surface area contributed by atoms with E-state index in [0.29, 0.717) is 11.5 Å². The summed E-state index contributed by atoms with van der Waals surface area (Å²) in [6, 6.07) is 19.3. The molecule has 4 rings (SSSR count). The Labute approximate surface area is 191 Å². The fourth-order valence-electron chi connectivity index (χ4n) is 3.24. The normalized spacial score (nSPS) is 10.9. The number of carbonyl (C=O) groups excluding carboxylic acids is 1. The van der Waals surface area contributed by atoms with Crippen molar-refractivity contribution < 1.29 is 9.53 Å². The zero-order valence-corrected chi connectivity index (χ0v) is 18.9. The van der Waals surface area contributed by atoms with Crippen LogP contribution in [0.15, 0.2) is 65.7 Å². The number of rotatable bonds is 9. The van der Waals surface area contributed by atoms with Gasteiger partial charge in [0.15, 0.2) is 11.5 Å². The highest BCUT2D eigenvalue weighted by Gasteiger charge is 2.12. The molecular formula is C24H25N5O2S. The lowest BCUT2D eigenvalue weighted by Crippen LogP contribution is -2.14. The van der Waals surface area contributed by atoms with Gasteiger partial charge in [-0.1, -0.05) is 37.2 Å². The standard InChI is InChI=1S/C24H25N5O2S/c1-3-4-5-17-6-10-19(11-7-17)25-22(30)16-32-23-15-14-21-26-27-24(29(21)28-23)18-8-12-20(31-2)13-9-18/h6-15H,3-5,16H2,1-2H3,(H,25,30). The summed E-state index contributed by atoms with van der Waals surface area (Å²) in [5.74, 6) is 1.60. The summed E-state index contributed by atoms with van der Waals surface area (Å²) in [5.41, 5.74) is 3.62. The van der Waals surface area contributed by atoms with Crippen LogP contribution in [-0.4, -0.2) is 38.6 Å². The summed E-state index contributed by atoms with van der Waals surface area (Å²) < 4.78 is 6.90. The number of hydrogen-bond acceptors (Lipinski definition) is 6. The van der Waals surface area contributed by atoms with Crippen molar-refractivity contribution in [1.82, 2.24) is 19.8 Å². The van der Waals surface area contributed by atoms with Gasteiger partial charge >= 0.3 is 0 Å². The Balaban J connectivity index is 1.40. The van der Waals surface area contributed by atoms with Crippen LogP contribution in [0, 0.1) is 0 Å². The molecule has 0 spiro atoms. The van der Waals surface area contributed by atoms with E-state index < -0.39 is 0 Å². The Kier molecular flexibility index (Phi) is 7.01.